The number of hydrogen-bond acceptors (Lipinski definition) is 5. The van der Waals surface area contributed by atoms with Crippen molar-refractivity contribution >= 4 is 23.1 Å². The van der Waals surface area contributed by atoms with Gasteiger partial charge in [0.05, 0.1) is 12.3 Å². The van der Waals surface area contributed by atoms with Gasteiger partial charge < -0.3 is 15.4 Å². The van der Waals surface area contributed by atoms with Gasteiger partial charge in [0, 0.05) is 11.9 Å². The molecular formula is C25H29F3N4O. The summed E-state index contributed by atoms with van der Waals surface area (Å²) in [6, 6.07) is 14.6. The van der Waals surface area contributed by atoms with Gasteiger partial charge in [0.25, 0.3) is 0 Å². The highest BCUT2D eigenvalue weighted by Crippen LogP contribution is 2.37. The first-order chi connectivity index (χ1) is 15.8. The van der Waals surface area contributed by atoms with Crippen LogP contribution in [0, 0.1) is 0 Å². The topological polar surface area (TPSA) is 59.1 Å². The molecule has 0 aliphatic rings. The Morgan fingerprint density at radius 1 is 1.00 bits per heavy atom. The Morgan fingerprint density at radius 2 is 1.73 bits per heavy atom. The Labute approximate surface area is 192 Å². The minimum atomic E-state index is -4.61. The molecule has 1 heterocycles. The van der Waals surface area contributed by atoms with Crippen molar-refractivity contribution in [2.75, 3.05) is 17.2 Å². The lowest BCUT2D eigenvalue weighted by Gasteiger charge is -2.17. The second kappa shape index (κ2) is 11.0. The lowest BCUT2D eigenvalue weighted by atomic mass is 9.99. The molecule has 0 saturated heterocycles. The molecule has 3 aromatic rings. The maximum absolute atomic E-state index is 13.6. The average molecular weight is 459 g/mol. The Hall–Kier alpha value is -3.29. The summed E-state index contributed by atoms with van der Waals surface area (Å²) >= 11 is 0. The number of aromatic nitrogens is 2. The van der Waals surface area contributed by atoms with E-state index in [4.69, 9.17) is 4.74 Å². The van der Waals surface area contributed by atoms with Crippen molar-refractivity contribution in [1.82, 2.24) is 9.97 Å². The van der Waals surface area contributed by atoms with Crippen molar-refractivity contribution in [1.29, 1.82) is 0 Å². The third-order valence-electron chi connectivity index (χ3n) is 5.34. The van der Waals surface area contributed by atoms with Gasteiger partial charge >= 0.3 is 6.18 Å². The Balaban J connectivity index is 1.87. The molecule has 1 unspecified atom stereocenters. The molecule has 0 amide bonds. The molecule has 5 nitrogen and oxygen atoms in total. The lowest BCUT2D eigenvalue weighted by molar-refractivity contribution is -0.137. The number of nitrogens with one attached hydrogen (secondary N) is 2. The van der Waals surface area contributed by atoms with Crippen LogP contribution in [0.3, 0.4) is 0 Å². The summed E-state index contributed by atoms with van der Waals surface area (Å²) in [6.45, 7) is 6.78. The standard InChI is InChI=1S/C25H29F3N4O/c1-4-6-15-33-22-10-8-7-9-21(22)31-23-20(25(26,27)28)16-29-24(32-23)30-19-13-11-18(12-14-19)17(3)5-2/h7-14,16-17H,4-6,15H2,1-3H3,(H2,29,30,31,32). The summed E-state index contributed by atoms with van der Waals surface area (Å²) in [7, 11) is 0. The zero-order chi connectivity index (χ0) is 23.8. The molecule has 0 aliphatic carbocycles. The van der Waals surface area contributed by atoms with Crippen molar-refractivity contribution in [3.8, 4) is 5.75 Å². The number of benzene rings is 2. The van der Waals surface area contributed by atoms with Gasteiger partial charge in [0.2, 0.25) is 5.95 Å². The highest BCUT2D eigenvalue weighted by atomic mass is 19.4. The van der Waals surface area contributed by atoms with E-state index in [0.717, 1.165) is 25.5 Å². The number of unbranched alkanes of at least 4 members (excludes halogenated alkanes) is 1. The molecule has 3 rings (SSSR count). The smallest absolute Gasteiger partial charge is 0.421 e. The van der Waals surface area contributed by atoms with E-state index < -0.39 is 11.7 Å². The molecule has 0 bridgehead atoms. The predicted molar refractivity (Wildman–Crippen MR) is 126 cm³/mol. The van der Waals surface area contributed by atoms with Crippen molar-refractivity contribution < 1.29 is 17.9 Å². The van der Waals surface area contributed by atoms with Gasteiger partial charge in [0.15, 0.2) is 0 Å². The number of para-hydroxylation sites is 2. The fraction of sp³-hybridized carbons (Fsp3) is 0.360. The minimum absolute atomic E-state index is 0.0613. The van der Waals surface area contributed by atoms with Gasteiger partial charge in [-0.15, -0.1) is 0 Å². The molecule has 1 aromatic heterocycles. The van der Waals surface area contributed by atoms with Gasteiger partial charge in [-0.3, -0.25) is 0 Å². The van der Waals surface area contributed by atoms with Gasteiger partial charge in [-0.05, 0) is 48.6 Å². The van der Waals surface area contributed by atoms with Gasteiger partial charge in [-0.25, -0.2) is 4.98 Å². The van der Waals surface area contributed by atoms with E-state index in [1.165, 1.54) is 5.56 Å². The molecule has 8 heteroatoms. The quantitative estimate of drug-likeness (QED) is 0.305. The summed E-state index contributed by atoms with van der Waals surface area (Å²) in [6.07, 6.45) is -1.01. The van der Waals surface area contributed by atoms with E-state index >= 15 is 0 Å². The number of anilines is 4. The van der Waals surface area contributed by atoms with Crippen LogP contribution in [-0.4, -0.2) is 16.6 Å². The molecule has 0 saturated carbocycles. The van der Waals surface area contributed by atoms with Crippen LogP contribution in [0.1, 0.15) is 57.1 Å². The van der Waals surface area contributed by atoms with E-state index in [-0.39, 0.29) is 11.8 Å². The normalized spacial score (nSPS) is 12.3. The Morgan fingerprint density at radius 3 is 2.39 bits per heavy atom. The molecule has 2 N–H and O–H groups in total. The minimum Gasteiger partial charge on any atom is -0.491 e. The molecule has 0 radical (unpaired) electrons. The van der Waals surface area contributed by atoms with Gasteiger partial charge in [-0.2, -0.15) is 18.2 Å². The van der Waals surface area contributed by atoms with Crippen LogP contribution in [0.2, 0.25) is 0 Å². The molecule has 176 valence electrons. The number of rotatable bonds is 10. The number of ether oxygens (including phenoxy) is 1. The van der Waals surface area contributed by atoms with Crippen LogP contribution in [0.5, 0.6) is 5.75 Å². The maximum Gasteiger partial charge on any atom is 0.421 e. The number of halogens is 3. The Bertz CT molecular complexity index is 1040. The first-order valence-electron chi connectivity index (χ1n) is 11.1. The van der Waals surface area contributed by atoms with Crippen molar-refractivity contribution in [3.05, 3.63) is 65.9 Å². The highest BCUT2D eigenvalue weighted by Gasteiger charge is 2.35. The maximum atomic E-state index is 13.6. The Kier molecular flexibility index (Phi) is 8.14. The molecule has 2 aromatic carbocycles. The van der Waals surface area contributed by atoms with E-state index in [2.05, 4.69) is 34.4 Å². The molecular weight excluding hydrogens is 429 g/mol. The van der Waals surface area contributed by atoms with Crippen molar-refractivity contribution in [2.45, 2.75) is 52.1 Å². The molecule has 0 aliphatic heterocycles. The van der Waals surface area contributed by atoms with E-state index in [9.17, 15) is 13.2 Å². The average Bonchev–Trinajstić information content (AvgIpc) is 2.80. The molecule has 0 fully saturated rings. The monoisotopic (exact) mass is 458 g/mol. The van der Waals surface area contributed by atoms with Crippen LogP contribution in [0.15, 0.2) is 54.7 Å². The lowest BCUT2D eigenvalue weighted by Crippen LogP contribution is -2.13. The highest BCUT2D eigenvalue weighted by molar-refractivity contribution is 5.67. The first-order valence-corrected chi connectivity index (χ1v) is 11.1. The van der Waals surface area contributed by atoms with Gasteiger partial charge in [0.1, 0.15) is 17.1 Å². The number of nitrogens with zero attached hydrogens (tertiary/aromatic N) is 2. The zero-order valence-electron chi connectivity index (χ0n) is 19.0. The molecule has 0 spiro atoms. The third kappa shape index (κ3) is 6.60. The van der Waals surface area contributed by atoms with E-state index in [0.29, 0.717) is 29.6 Å². The fourth-order valence-corrected chi connectivity index (χ4v) is 3.15. The third-order valence-corrected chi connectivity index (χ3v) is 5.34. The number of hydrogen-bond donors (Lipinski definition) is 2. The second-order valence-electron chi connectivity index (χ2n) is 7.83. The SMILES string of the molecule is CCCCOc1ccccc1Nc1nc(Nc2ccc(C(C)CC)cc2)ncc1C(F)(F)F. The van der Waals surface area contributed by atoms with E-state index in [1.54, 1.807) is 24.3 Å². The summed E-state index contributed by atoms with van der Waals surface area (Å²) in [4.78, 5) is 8.02. The summed E-state index contributed by atoms with van der Waals surface area (Å²) in [5.74, 6) is 0.610. The summed E-state index contributed by atoms with van der Waals surface area (Å²) in [5, 5.41) is 5.78. The zero-order valence-corrected chi connectivity index (χ0v) is 19.0. The number of alkyl halides is 3. The van der Waals surface area contributed by atoms with Crippen LogP contribution < -0.4 is 15.4 Å². The van der Waals surface area contributed by atoms with E-state index in [1.807, 2.05) is 31.2 Å². The van der Waals surface area contributed by atoms with Crippen LogP contribution in [0.25, 0.3) is 0 Å². The molecule has 1 atom stereocenters. The first kappa shape index (κ1) is 24.4. The van der Waals surface area contributed by atoms with Crippen molar-refractivity contribution in [2.24, 2.45) is 0 Å². The predicted octanol–water partition coefficient (Wildman–Crippen LogP) is 7.68. The van der Waals surface area contributed by atoms with Crippen molar-refractivity contribution in [3.63, 3.8) is 0 Å². The fourth-order valence-electron chi connectivity index (χ4n) is 3.15. The van der Waals surface area contributed by atoms with Crippen LogP contribution in [0.4, 0.5) is 36.3 Å². The molecule has 33 heavy (non-hydrogen) atoms. The van der Waals surface area contributed by atoms with Crippen LogP contribution in [-0.2, 0) is 6.18 Å². The summed E-state index contributed by atoms with van der Waals surface area (Å²) in [5.41, 5.74) is 1.33. The second-order valence-corrected chi connectivity index (χ2v) is 7.83. The van der Waals surface area contributed by atoms with Gasteiger partial charge in [-0.1, -0.05) is 51.5 Å². The van der Waals surface area contributed by atoms with Crippen LogP contribution >= 0.6 is 0 Å². The largest absolute Gasteiger partial charge is 0.491 e. The summed E-state index contributed by atoms with van der Waals surface area (Å²) < 4.78 is 46.7.